The van der Waals surface area contributed by atoms with Crippen LogP contribution in [0.3, 0.4) is 0 Å². The zero-order chi connectivity index (χ0) is 13.0. The minimum Gasteiger partial charge on any atom is -0.391 e. The number of halogens is 1. The van der Waals surface area contributed by atoms with Crippen molar-refractivity contribution < 1.29 is 5.11 Å². The maximum atomic E-state index is 10.2. The molecule has 2 nitrogen and oxygen atoms in total. The third-order valence-electron chi connectivity index (χ3n) is 2.97. The number of nitrogens with two attached hydrogens (primary N) is 1. The van der Waals surface area contributed by atoms with Crippen LogP contribution in [0, 0.1) is 0 Å². The molecule has 0 saturated heterocycles. The number of aliphatic hydroxyl groups excluding tert-OH is 1. The maximum absolute atomic E-state index is 10.2. The van der Waals surface area contributed by atoms with Gasteiger partial charge < -0.3 is 10.8 Å². The summed E-state index contributed by atoms with van der Waals surface area (Å²) in [5.41, 5.74) is 8.13. The Morgan fingerprint density at radius 3 is 2.28 bits per heavy atom. The van der Waals surface area contributed by atoms with Gasteiger partial charge in [-0.25, -0.2) is 0 Å². The fourth-order valence-corrected chi connectivity index (χ4v) is 2.48. The summed E-state index contributed by atoms with van der Waals surface area (Å²) in [6.45, 7) is 0. The average molecular weight is 306 g/mol. The summed E-state index contributed by atoms with van der Waals surface area (Å²) in [5, 5.41) is 10.2. The summed E-state index contributed by atoms with van der Waals surface area (Å²) in [5.74, 6) is 0. The Kier molecular flexibility index (Phi) is 4.53. The second kappa shape index (κ2) is 6.14. The summed E-state index contributed by atoms with van der Waals surface area (Å²) < 4.78 is 0.935. The van der Waals surface area contributed by atoms with Crippen molar-refractivity contribution in [1.29, 1.82) is 0 Å². The van der Waals surface area contributed by atoms with E-state index in [1.807, 2.05) is 54.6 Å². The van der Waals surface area contributed by atoms with Gasteiger partial charge in [-0.2, -0.15) is 0 Å². The van der Waals surface area contributed by atoms with Crippen molar-refractivity contribution in [1.82, 2.24) is 0 Å². The Balaban J connectivity index is 2.10. The van der Waals surface area contributed by atoms with Gasteiger partial charge in [-0.1, -0.05) is 64.5 Å². The van der Waals surface area contributed by atoms with E-state index in [1.165, 1.54) is 0 Å². The molecule has 0 heterocycles. The van der Waals surface area contributed by atoms with Crippen molar-refractivity contribution in [3.05, 3.63) is 70.2 Å². The molecular formula is C15H16BrNO. The van der Waals surface area contributed by atoms with Crippen LogP contribution in [-0.2, 0) is 6.42 Å². The van der Waals surface area contributed by atoms with Gasteiger partial charge in [0.2, 0.25) is 0 Å². The molecule has 0 aliphatic heterocycles. The summed E-state index contributed by atoms with van der Waals surface area (Å²) in [6, 6.07) is 17.2. The number of aliphatic hydroxyl groups is 1. The van der Waals surface area contributed by atoms with Crippen LogP contribution in [0.1, 0.15) is 17.2 Å². The largest absolute Gasteiger partial charge is 0.391 e. The summed E-state index contributed by atoms with van der Waals surface area (Å²) >= 11 is 3.46. The lowest BCUT2D eigenvalue weighted by Crippen LogP contribution is -2.28. The van der Waals surface area contributed by atoms with E-state index in [-0.39, 0.29) is 6.04 Å². The van der Waals surface area contributed by atoms with Gasteiger partial charge in [-0.05, 0) is 17.2 Å². The van der Waals surface area contributed by atoms with Gasteiger partial charge in [0.25, 0.3) is 0 Å². The van der Waals surface area contributed by atoms with E-state index in [9.17, 15) is 5.11 Å². The van der Waals surface area contributed by atoms with Crippen molar-refractivity contribution in [3.8, 4) is 0 Å². The smallest absolute Gasteiger partial charge is 0.0773 e. The lowest BCUT2D eigenvalue weighted by Gasteiger charge is -2.20. The number of benzene rings is 2. The molecular weight excluding hydrogens is 290 g/mol. The van der Waals surface area contributed by atoms with E-state index >= 15 is 0 Å². The Hall–Kier alpha value is -1.16. The lowest BCUT2D eigenvalue weighted by atomic mass is 9.97. The number of hydrogen-bond acceptors (Lipinski definition) is 2. The molecule has 0 amide bonds. The first kappa shape index (κ1) is 13.3. The standard InChI is InChI=1S/C15H16BrNO/c16-13-9-5-4-8-12(13)15(17)14(18)10-11-6-2-1-3-7-11/h1-9,14-15,18H,10,17H2/t14-,15+/m0/s1. The predicted octanol–water partition coefficient (Wildman–Crippen LogP) is 3.05. The van der Waals surface area contributed by atoms with E-state index in [1.54, 1.807) is 0 Å². The highest BCUT2D eigenvalue weighted by Crippen LogP contribution is 2.25. The summed E-state index contributed by atoms with van der Waals surface area (Å²) in [7, 11) is 0. The van der Waals surface area contributed by atoms with Gasteiger partial charge in [0.1, 0.15) is 0 Å². The molecule has 0 saturated carbocycles. The SMILES string of the molecule is N[C@H](c1ccccc1Br)[C@@H](O)Cc1ccccc1. The Bertz CT molecular complexity index is 501. The van der Waals surface area contributed by atoms with Gasteiger partial charge in [0.15, 0.2) is 0 Å². The molecule has 0 unspecified atom stereocenters. The summed E-state index contributed by atoms with van der Waals surface area (Å²) in [4.78, 5) is 0. The van der Waals surface area contributed by atoms with Crippen LogP contribution >= 0.6 is 15.9 Å². The first-order valence-electron chi connectivity index (χ1n) is 5.90. The van der Waals surface area contributed by atoms with Crippen molar-refractivity contribution in [3.63, 3.8) is 0 Å². The zero-order valence-corrected chi connectivity index (χ0v) is 11.5. The molecule has 2 atom stereocenters. The average Bonchev–Trinajstić information content (AvgIpc) is 2.39. The molecule has 0 radical (unpaired) electrons. The van der Waals surface area contributed by atoms with Crippen LogP contribution in [0.4, 0.5) is 0 Å². The highest BCUT2D eigenvalue weighted by molar-refractivity contribution is 9.10. The van der Waals surface area contributed by atoms with E-state index in [0.29, 0.717) is 6.42 Å². The molecule has 0 aromatic heterocycles. The zero-order valence-electron chi connectivity index (χ0n) is 9.96. The van der Waals surface area contributed by atoms with Gasteiger partial charge in [0, 0.05) is 10.9 Å². The van der Waals surface area contributed by atoms with Crippen LogP contribution < -0.4 is 5.73 Å². The number of hydrogen-bond donors (Lipinski definition) is 2. The van der Waals surface area contributed by atoms with Crippen molar-refractivity contribution in [2.75, 3.05) is 0 Å². The highest BCUT2D eigenvalue weighted by Gasteiger charge is 2.18. The number of rotatable bonds is 4. The second-order valence-electron chi connectivity index (χ2n) is 4.30. The van der Waals surface area contributed by atoms with E-state index in [0.717, 1.165) is 15.6 Å². The molecule has 0 bridgehead atoms. The van der Waals surface area contributed by atoms with Crippen LogP contribution in [-0.4, -0.2) is 11.2 Å². The third-order valence-corrected chi connectivity index (χ3v) is 3.69. The topological polar surface area (TPSA) is 46.2 Å². The maximum Gasteiger partial charge on any atom is 0.0773 e. The van der Waals surface area contributed by atoms with Crippen LogP contribution in [0.25, 0.3) is 0 Å². The fraction of sp³-hybridized carbons (Fsp3) is 0.200. The third kappa shape index (κ3) is 3.19. The normalized spacial score (nSPS) is 14.2. The van der Waals surface area contributed by atoms with E-state index in [2.05, 4.69) is 15.9 Å². The van der Waals surface area contributed by atoms with Crippen molar-refractivity contribution >= 4 is 15.9 Å². The van der Waals surface area contributed by atoms with E-state index < -0.39 is 6.10 Å². The molecule has 2 rings (SSSR count). The molecule has 2 aromatic carbocycles. The van der Waals surface area contributed by atoms with Gasteiger partial charge in [-0.15, -0.1) is 0 Å². The molecule has 18 heavy (non-hydrogen) atoms. The second-order valence-corrected chi connectivity index (χ2v) is 5.16. The van der Waals surface area contributed by atoms with Crippen LogP contribution in [0.5, 0.6) is 0 Å². The molecule has 0 aliphatic carbocycles. The first-order valence-corrected chi connectivity index (χ1v) is 6.70. The predicted molar refractivity (Wildman–Crippen MR) is 77.2 cm³/mol. The quantitative estimate of drug-likeness (QED) is 0.912. The van der Waals surface area contributed by atoms with Crippen LogP contribution in [0.15, 0.2) is 59.1 Å². The highest BCUT2D eigenvalue weighted by atomic mass is 79.9. The molecule has 0 spiro atoms. The monoisotopic (exact) mass is 305 g/mol. The Morgan fingerprint density at radius 1 is 1.00 bits per heavy atom. The van der Waals surface area contributed by atoms with Gasteiger partial charge >= 0.3 is 0 Å². The minimum atomic E-state index is -0.592. The lowest BCUT2D eigenvalue weighted by molar-refractivity contribution is 0.145. The molecule has 2 aromatic rings. The molecule has 94 valence electrons. The molecule has 0 aliphatic rings. The Labute approximate surface area is 116 Å². The van der Waals surface area contributed by atoms with Gasteiger partial charge in [0.05, 0.1) is 12.1 Å². The van der Waals surface area contributed by atoms with Crippen molar-refractivity contribution in [2.45, 2.75) is 18.6 Å². The Morgan fingerprint density at radius 2 is 1.61 bits per heavy atom. The first-order chi connectivity index (χ1) is 8.68. The molecule has 3 N–H and O–H groups in total. The van der Waals surface area contributed by atoms with Gasteiger partial charge in [-0.3, -0.25) is 0 Å². The van der Waals surface area contributed by atoms with E-state index in [4.69, 9.17) is 5.73 Å². The van der Waals surface area contributed by atoms with Crippen molar-refractivity contribution in [2.24, 2.45) is 5.73 Å². The van der Waals surface area contributed by atoms with Crippen LogP contribution in [0.2, 0.25) is 0 Å². The molecule has 0 fully saturated rings. The molecule has 3 heteroatoms. The summed E-state index contributed by atoms with van der Waals surface area (Å²) in [6.07, 6.45) is -0.0327. The fourth-order valence-electron chi connectivity index (χ4n) is 1.94. The minimum absolute atomic E-state index is 0.388.